The van der Waals surface area contributed by atoms with Crippen molar-refractivity contribution >= 4 is 0 Å². The third-order valence-electron chi connectivity index (χ3n) is 1.79. The zero-order valence-corrected chi connectivity index (χ0v) is 7.70. The highest BCUT2D eigenvalue weighted by Crippen LogP contribution is 2.18. The van der Waals surface area contributed by atoms with Crippen molar-refractivity contribution in [1.29, 1.82) is 0 Å². The molecule has 2 heterocycles. The zero-order valence-electron chi connectivity index (χ0n) is 7.70. The average Bonchev–Trinajstić information content (AvgIpc) is 2.31. The van der Waals surface area contributed by atoms with Gasteiger partial charge in [0, 0.05) is 24.5 Å². The Morgan fingerprint density at radius 1 is 1.00 bits per heavy atom. The van der Waals surface area contributed by atoms with E-state index in [1.165, 1.54) is 0 Å². The molecule has 0 fully saturated rings. The number of hydrogen-bond acceptors (Lipinski definition) is 5. The molecule has 5 nitrogen and oxygen atoms in total. The Balaban J connectivity index is 2.33. The minimum atomic E-state index is 0.355. The van der Waals surface area contributed by atoms with Crippen LogP contribution in [0.3, 0.4) is 0 Å². The highest BCUT2D eigenvalue weighted by Gasteiger charge is 2.02. The molecule has 2 rings (SSSR count). The van der Waals surface area contributed by atoms with Crippen molar-refractivity contribution in [2.24, 2.45) is 0 Å². The second-order valence-electron chi connectivity index (χ2n) is 2.75. The molecule has 0 saturated carbocycles. The number of nitrogens with zero attached hydrogens (tertiary/aromatic N) is 2. The van der Waals surface area contributed by atoms with E-state index in [9.17, 15) is 0 Å². The van der Waals surface area contributed by atoms with Gasteiger partial charge in [0.2, 0.25) is 0 Å². The van der Waals surface area contributed by atoms with Gasteiger partial charge in [0.15, 0.2) is 5.75 Å². The fourth-order valence-corrected chi connectivity index (χ4v) is 1.16. The van der Waals surface area contributed by atoms with Gasteiger partial charge < -0.3 is 4.89 Å². The van der Waals surface area contributed by atoms with E-state index >= 15 is 0 Å². The largest absolute Gasteiger partial charge is 0.308 e. The van der Waals surface area contributed by atoms with E-state index in [4.69, 9.17) is 5.26 Å². The first-order valence-corrected chi connectivity index (χ1v) is 4.26. The van der Waals surface area contributed by atoms with Gasteiger partial charge in [0.1, 0.15) is 0 Å². The summed E-state index contributed by atoms with van der Waals surface area (Å²) in [6.45, 7) is 0. The average molecular weight is 204 g/mol. The maximum Gasteiger partial charge on any atom is 0.172 e. The summed E-state index contributed by atoms with van der Waals surface area (Å²) in [7, 11) is 0. The van der Waals surface area contributed by atoms with Crippen molar-refractivity contribution in [3.63, 3.8) is 0 Å². The number of pyridine rings is 2. The Labute approximate surface area is 85.8 Å². The topological polar surface area (TPSA) is 64.5 Å². The molecule has 0 amide bonds. The van der Waals surface area contributed by atoms with Crippen LogP contribution in [0.5, 0.6) is 5.75 Å². The number of rotatable bonds is 3. The molecule has 1 N–H and O–H groups in total. The Kier molecular flexibility index (Phi) is 2.87. The summed E-state index contributed by atoms with van der Waals surface area (Å²) in [4.78, 5) is 12.7. The first-order chi connectivity index (χ1) is 7.40. The summed E-state index contributed by atoms with van der Waals surface area (Å²) in [5.74, 6) is 0.355. The molecule has 0 aliphatic carbocycles. The van der Waals surface area contributed by atoms with Gasteiger partial charge in [-0.05, 0) is 17.2 Å². The van der Waals surface area contributed by atoms with Gasteiger partial charge in [-0.1, -0.05) is 6.07 Å². The zero-order chi connectivity index (χ0) is 10.5. The van der Waals surface area contributed by atoms with Crippen LogP contribution >= 0.6 is 0 Å². The van der Waals surface area contributed by atoms with Crippen molar-refractivity contribution in [3.8, 4) is 17.1 Å². The Bertz CT molecular complexity index is 434. The van der Waals surface area contributed by atoms with Gasteiger partial charge in [0.05, 0.1) is 11.4 Å². The third kappa shape index (κ3) is 2.28. The molecule has 0 saturated heterocycles. The molecule has 76 valence electrons. The summed E-state index contributed by atoms with van der Waals surface area (Å²) in [5, 5.41) is 11.7. The van der Waals surface area contributed by atoms with E-state index in [0.717, 1.165) is 5.69 Å². The van der Waals surface area contributed by atoms with Gasteiger partial charge in [-0.2, -0.15) is 0 Å². The number of hydrogen-bond donors (Lipinski definition) is 1. The van der Waals surface area contributed by atoms with Gasteiger partial charge in [-0.3, -0.25) is 9.97 Å². The van der Waals surface area contributed by atoms with E-state index in [1.54, 1.807) is 24.5 Å². The maximum absolute atomic E-state index is 8.12. The van der Waals surface area contributed by atoms with Crippen LogP contribution in [-0.4, -0.2) is 15.2 Å². The van der Waals surface area contributed by atoms with Gasteiger partial charge >= 0.3 is 0 Å². The second-order valence-corrected chi connectivity index (χ2v) is 2.75. The van der Waals surface area contributed by atoms with E-state index in [1.807, 2.05) is 18.2 Å². The van der Waals surface area contributed by atoms with E-state index in [-0.39, 0.29) is 0 Å². The molecule has 0 aromatic carbocycles. The monoisotopic (exact) mass is 204 g/mol. The lowest BCUT2D eigenvalue weighted by Gasteiger charge is -2.01. The molecule has 0 spiro atoms. The molecule has 0 atom stereocenters. The second kappa shape index (κ2) is 4.50. The van der Waals surface area contributed by atoms with Crippen LogP contribution in [0.2, 0.25) is 0 Å². The molecule has 0 radical (unpaired) electrons. The van der Waals surface area contributed by atoms with Crippen LogP contribution in [0.4, 0.5) is 0 Å². The lowest BCUT2D eigenvalue weighted by molar-refractivity contribution is -0.438. The normalized spacial score (nSPS) is 9.93. The van der Waals surface area contributed by atoms with E-state index < -0.39 is 0 Å². The first kappa shape index (κ1) is 9.57. The molecule has 5 heteroatoms. The van der Waals surface area contributed by atoms with Crippen molar-refractivity contribution in [2.75, 3.05) is 0 Å². The summed E-state index contributed by atoms with van der Waals surface area (Å²) in [5.41, 5.74) is 1.37. The summed E-state index contributed by atoms with van der Waals surface area (Å²) in [6.07, 6.45) is 3.21. The fraction of sp³-hybridized carbons (Fsp3) is 0. The molecule has 0 aliphatic rings. The SMILES string of the molecule is OOOc1ccnc(-c2ccccn2)c1. The van der Waals surface area contributed by atoms with Crippen LogP contribution in [0.15, 0.2) is 42.7 Å². The Morgan fingerprint density at radius 3 is 2.60 bits per heavy atom. The molecule has 0 bridgehead atoms. The van der Waals surface area contributed by atoms with Crippen LogP contribution in [0.25, 0.3) is 11.4 Å². The summed E-state index contributed by atoms with van der Waals surface area (Å²) < 4.78 is 0. The standard InChI is InChI=1S/C10H8N2O3/c13-15-14-8-4-6-12-10(7-8)9-3-1-2-5-11-9/h1-7,13H. The first-order valence-electron chi connectivity index (χ1n) is 4.26. The van der Waals surface area contributed by atoms with Crippen LogP contribution in [0.1, 0.15) is 0 Å². The molecular formula is C10H8N2O3. The fourth-order valence-electron chi connectivity index (χ4n) is 1.16. The lowest BCUT2D eigenvalue weighted by Crippen LogP contribution is -1.93. The number of aromatic nitrogens is 2. The highest BCUT2D eigenvalue weighted by molar-refractivity contribution is 5.55. The summed E-state index contributed by atoms with van der Waals surface area (Å²) in [6, 6.07) is 8.67. The molecule has 2 aromatic rings. The van der Waals surface area contributed by atoms with Crippen LogP contribution in [-0.2, 0) is 5.04 Å². The van der Waals surface area contributed by atoms with Gasteiger partial charge in [0.25, 0.3) is 0 Å². The molecule has 15 heavy (non-hydrogen) atoms. The van der Waals surface area contributed by atoms with E-state index in [0.29, 0.717) is 11.4 Å². The minimum Gasteiger partial charge on any atom is -0.308 e. The van der Waals surface area contributed by atoms with Gasteiger partial charge in [-0.15, -0.1) is 0 Å². The smallest absolute Gasteiger partial charge is 0.172 e. The maximum atomic E-state index is 8.12. The predicted octanol–water partition coefficient (Wildman–Crippen LogP) is 1.93. The summed E-state index contributed by atoms with van der Waals surface area (Å²) >= 11 is 0. The van der Waals surface area contributed by atoms with Crippen molar-refractivity contribution in [3.05, 3.63) is 42.7 Å². The molecule has 0 aliphatic heterocycles. The molecular weight excluding hydrogens is 196 g/mol. The van der Waals surface area contributed by atoms with Crippen molar-refractivity contribution < 1.29 is 15.2 Å². The predicted molar refractivity (Wildman–Crippen MR) is 51.8 cm³/mol. The van der Waals surface area contributed by atoms with E-state index in [2.05, 4.69) is 19.9 Å². The third-order valence-corrected chi connectivity index (χ3v) is 1.79. The van der Waals surface area contributed by atoms with Crippen molar-refractivity contribution in [1.82, 2.24) is 9.97 Å². The molecule has 2 aromatic heterocycles. The van der Waals surface area contributed by atoms with Crippen LogP contribution < -0.4 is 4.89 Å². The van der Waals surface area contributed by atoms with Gasteiger partial charge in [-0.25, -0.2) is 5.26 Å². The van der Waals surface area contributed by atoms with Crippen LogP contribution in [0, 0.1) is 0 Å². The van der Waals surface area contributed by atoms with Crippen molar-refractivity contribution in [2.45, 2.75) is 0 Å². The quantitative estimate of drug-likeness (QED) is 0.611. The Hall–Kier alpha value is -1.98. The minimum absolute atomic E-state index is 0.355. The molecule has 0 unspecified atom stereocenters. The highest BCUT2D eigenvalue weighted by atomic mass is 17.5. The Morgan fingerprint density at radius 2 is 1.87 bits per heavy atom. The lowest BCUT2D eigenvalue weighted by atomic mass is 10.2.